The standard InChI is InChI=1S/C12H18N2O4S/c1-3-18-12-8-10(7-11(9-12)14(15)16)13-5-4-6-19(2)17/h7-9,13H,3-6H2,1-2H3. The summed E-state index contributed by atoms with van der Waals surface area (Å²) in [5.41, 5.74) is 0.632. The minimum atomic E-state index is -0.816. The molecule has 0 aromatic heterocycles. The SMILES string of the molecule is CCOc1cc(NCCCS(C)=O)cc([N+](=O)[O-])c1. The molecule has 19 heavy (non-hydrogen) atoms. The summed E-state index contributed by atoms with van der Waals surface area (Å²) in [6.07, 6.45) is 2.40. The number of benzene rings is 1. The summed E-state index contributed by atoms with van der Waals surface area (Å²) in [5, 5.41) is 13.9. The average Bonchev–Trinajstić information content (AvgIpc) is 2.34. The zero-order chi connectivity index (χ0) is 14.3. The molecule has 0 aliphatic rings. The fraction of sp³-hybridized carbons (Fsp3) is 0.500. The second kappa shape index (κ2) is 7.73. The Morgan fingerprint density at radius 2 is 2.16 bits per heavy atom. The molecule has 0 heterocycles. The highest BCUT2D eigenvalue weighted by Gasteiger charge is 2.10. The molecule has 0 saturated heterocycles. The lowest BCUT2D eigenvalue weighted by molar-refractivity contribution is -0.384. The van der Waals surface area contributed by atoms with E-state index in [4.69, 9.17) is 4.74 Å². The van der Waals surface area contributed by atoms with E-state index in [2.05, 4.69) is 5.32 Å². The maximum atomic E-state index is 10.9. The molecule has 0 spiro atoms. The predicted molar refractivity (Wildman–Crippen MR) is 76.3 cm³/mol. The normalized spacial score (nSPS) is 11.9. The zero-order valence-corrected chi connectivity index (χ0v) is 11.9. The molecule has 1 atom stereocenters. The van der Waals surface area contributed by atoms with Gasteiger partial charge in [-0.25, -0.2) is 0 Å². The molecule has 0 saturated carbocycles. The van der Waals surface area contributed by atoms with Gasteiger partial charge in [0.25, 0.3) is 5.69 Å². The topological polar surface area (TPSA) is 81.5 Å². The van der Waals surface area contributed by atoms with E-state index in [0.717, 1.165) is 6.42 Å². The Morgan fingerprint density at radius 3 is 2.74 bits per heavy atom. The Bertz CT molecular complexity index is 465. The molecule has 0 aliphatic carbocycles. The number of hydrogen-bond donors (Lipinski definition) is 1. The minimum Gasteiger partial charge on any atom is -0.494 e. The second-order valence-corrected chi connectivity index (χ2v) is 5.52. The highest BCUT2D eigenvalue weighted by Crippen LogP contribution is 2.26. The van der Waals surface area contributed by atoms with Crippen molar-refractivity contribution in [2.75, 3.05) is 30.5 Å². The summed E-state index contributed by atoms with van der Waals surface area (Å²) in [7, 11) is -0.816. The molecule has 6 nitrogen and oxygen atoms in total. The third-order valence-electron chi connectivity index (χ3n) is 2.35. The lowest BCUT2D eigenvalue weighted by Crippen LogP contribution is -2.06. The molecule has 7 heteroatoms. The fourth-order valence-corrected chi connectivity index (χ4v) is 2.10. The Kier molecular flexibility index (Phi) is 6.27. The number of rotatable bonds is 8. The summed E-state index contributed by atoms with van der Waals surface area (Å²) >= 11 is 0. The molecule has 1 rings (SSSR count). The van der Waals surface area contributed by atoms with Crippen molar-refractivity contribution >= 4 is 22.2 Å². The highest BCUT2D eigenvalue weighted by atomic mass is 32.2. The van der Waals surface area contributed by atoms with Gasteiger partial charge in [-0.1, -0.05) is 0 Å². The summed E-state index contributed by atoms with van der Waals surface area (Å²) in [5.74, 6) is 1.08. The number of nitro benzene ring substituents is 1. The number of nitro groups is 1. The number of nitrogens with one attached hydrogen (secondary N) is 1. The van der Waals surface area contributed by atoms with Crippen LogP contribution >= 0.6 is 0 Å². The maximum Gasteiger partial charge on any atom is 0.275 e. The maximum absolute atomic E-state index is 10.9. The van der Waals surface area contributed by atoms with Gasteiger partial charge in [0, 0.05) is 47.2 Å². The zero-order valence-electron chi connectivity index (χ0n) is 11.0. The Morgan fingerprint density at radius 1 is 1.42 bits per heavy atom. The van der Waals surface area contributed by atoms with E-state index < -0.39 is 15.7 Å². The fourth-order valence-electron chi connectivity index (χ4n) is 1.55. The van der Waals surface area contributed by atoms with Gasteiger partial charge in [-0.2, -0.15) is 0 Å². The molecule has 0 aliphatic heterocycles. The van der Waals surface area contributed by atoms with Crippen LogP contribution in [0.3, 0.4) is 0 Å². The van der Waals surface area contributed by atoms with Crippen LogP contribution < -0.4 is 10.1 Å². The van der Waals surface area contributed by atoms with Crippen molar-refractivity contribution < 1.29 is 13.9 Å². The van der Waals surface area contributed by atoms with Crippen molar-refractivity contribution in [2.45, 2.75) is 13.3 Å². The Labute approximate surface area is 114 Å². The van der Waals surface area contributed by atoms with E-state index >= 15 is 0 Å². The van der Waals surface area contributed by atoms with E-state index in [9.17, 15) is 14.3 Å². The summed E-state index contributed by atoms with van der Waals surface area (Å²) in [6, 6.07) is 4.58. The number of non-ortho nitro benzene ring substituents is 1. The third kappa shape index (κ3) is 5.69. The molecular formula is C12H18N2O4S. The second-order valence-electron chi connectivity index (χ2n) is 3.96. The summed E-state index contributed by atoms with van der Waals surface area (Å²) in [6.45, 7) is 2.89. The van der Waals surface area contributed by atoms with Gasteiger partial charge < -0.3 is 10.1 Å². The lowest BCUT2D eigenvalue weighted by atomic mass is 10.2. The van der Waals surface area contributed by atoms with Gasteiger partial charge in [-0.3, -0.25) is 14.3 Å². The highest BCUT2D eigenvalue weighted by molar-refractivity contribution is 7.84. The summed E-state index contributed by atoms with van der Waals surface area (Å²) < 4.78 is 16.2. The van der Waals surface area contributed by atoms with Crippen LogP contribution in [-0.4, -0.2) is 34.3 Å². The lowest BCUT2D eigenvalue weighted by Gasteiger charge is -2.09. The van der Waals surface area contributed by atoms with Gasteiger partial charge in [0.2, 0.25) is 0 Å². The van der Waals surface area contributed by atoms with Gasteiger partial charge in [0.05, 0.1) is 17.6 Å². The molecular weight excluding hydrogens is 268 g/mol. The summed E-state index contributed by atoms with van der Waals surface area (Å²) in [4.78, 5) is 10.4. The molecule has 0 amide bonds. The quantitative estimate of drug-likeness (QED) is 0.450. The predicted octanol–water partition coefficient (Wildman–Crippen LogP) is 2.17. The first-order valence-electron chi connectivity index (χ1n) is 5.99. The van der Waals surface area contributed by atoms with Crippen molar-refractivity contribution in [1.29, 1.82) is 0 Å². The van der Waals surface area contributed by atoms with Crippen molar-refractivity contribution in [1.82, 2.24) is 0 Å². The first-order chi connectivity index (χ1) is 9.02. The van der Waals surface area contributed by atoms with E-state index in [1.54, 1.807) is 12.3 Å². The Balaban J connectivity index is 2.70. The van der Waals surface area contributed by atoms with Gasteiger partial charge in [-0.05, 0) is 13.3 Å². The van der Waals surface area contributed by atoms with Crippen LogP contribution in [0, 0.1) is 10.1 Å². The number of hydrogen-bond acceptors (Lipinski definition) is 5. The monoisotopic (exact) mass is 286 g/mol. The van der Waals surface area contributed by atoms with Crippen LogP contribution in [0.5, 0.6) is 5.75 Å². The van der Waals surface area contributed by atoms with Gasteiger partial charge in [0.15, 0.2) is 0 Å². The van der Waals surface area contributed by atoms with Crippen LogP contribution in [0.15, 0.2) is 18.2 Å². The van der Waals surface area contributed by atoms with Crippen molar-refractivity contribution in [3.63, 3.8) is 0 Å². The van der Waals surface area contributed by atoms with Gasteiger partial charge in [-0.15, -0.1) is 0 Å². The molecule has 1 unspecified atom stereocenters. The smallest absolute Gasteiger partial charge is 0.275 e. The number of anilines is 1. The molecule has 1 aromatic rings. The first-order valence-corrected chi connectivity index (χ1v) is 7.72. The largest absolute Gasteiger partial charge is 0.494 e. The molecule has 106 valence electrons. The third-order valence-corrected chi connectivity index (χ3v) is 3.21. The molecule has 1 N–H and O–H groups in total. The van der Waals surface area contributed by atoms with Crippen LogP contribution in [0.25, 0.3) is 0 Å². The van der Waals surface area contributed by atoms with Crippen molar-refractivity contribution in [3.8, 4) is 5.75 Å². The number of nitrogens with zero attached hydrogens (tertiary/aromatic N) is 1. The van der Waals surface area contributed by atoms with Crippen LogP contribution in [0.4, 0.5) is 11.4 Å². The molecule has 0 fully saturated rings. The van der Waals surface area contributed by atoms with E-state index in [0.29, 0.717) is 30.3 Å². The van der Waals surface area contributed by atoms with Crippen LogP contribution in [0.2, 0.25) is 0 Å². The van der Waals surface area contributed by atoms with Crippen molar-refractivity contribution in [3.05, 3.63) is 28.3 Å². The minimum absolute atomic E-state index is 0.00693. The van der Waals surface area contributed by atoms with Crippen LogP contribution in [0.1, 0.15) is 13.3 Å². The molecule has 1 aromatic carbocycles. The van der Waals surface area contributed by atoms with Gasteiger partial charge >= 0.3 is 0 Å². The number of ether oxygens (including phenoxy) is 1. The van der Waals surface area contributed by atoms with E-state index in [1.807, 2.05) is 6.92 Å². The van der Waals surface area contributed by atoms with E-state index in [1.165, 1.54) is 12.1 Å². The Hall–Kier alpha value is -1.63. The van der Waals surface area contributed by atoms with Crippen molar-refractivity contribution in [2.24, 2.45) is 0 Å². The molecule has 0 radical (unpaired) electrons. The average molecular weight is 286 g/mol. The van der Waals surface area contributed by atoms with Crippen LogP contribution in [-0.2, 0) is 10.8 Å². The first kappa shape index (κ1) is 15.4. The van der Waals surface area contributed by atoms with E-state index in [-0.39, 0.29) is 5.69 Å². The van der Waals surface area contributed by atoms with Gasteiger partial charge in [0.1, 0.15) is 5.75 Å². The molecule has 0 bridgehead atoms.